The molecule has 0 atom stereocenters. The Morgan fingerprint density at radius 1 is 1.09 bits per heavy atom. The molecule has 0 radical (unpaired) electrons. The minimum Gasteiger partial charge on any atom is -0.493 e. The normalized spacial score (nSPS) is 10.0. The molecule has 0 saturated heterocycles. The highest BCUT2D eigenvalue weighted by atomic mass is 79.9. The summed E-state index contributed by atoms with van der Waals surface area (Å²) in [4.78, 5) is 24.3. The van der Waals surface area contributed by atoms with E-state index in [9.17, 15) is 9.59 Å². The molecule has 0 unspecified atom stereocenters. The maximum absolute atomic E-state index is 12.2. The van der Waals surface area contributed by atoms with Crippen molar-refractivity contribution in [1.29, 1.82) is 0 Å². The summed E-state index contributed by atoms with van der Waals surface area (Å²) in [5.41, 5.74) is 6.63. The molecule has 0 aliphatic carbocycles. The second-order valence-electron chi connectivity index (χ2n) is 4.80. The Balaban J connectivity index is 2.04. The Kier molecular flexibility index (Phi) is 5.76. The molecular formula is C17H17BrN2O3. The fraction of sp³-hybridized carbons (Fsp3) is 0.176. The number of amides is 2. The maximum Gasteiger partial charge on any atom is 0.273 e. The van der Waals surface area contributed by atoms with Crippen LogP contribution in [0.3, 0.4) is 0 Å². The molecule has 6 heteroatoms. The molecule has 0 saturated carbocycles. The summed E-state index contributed by atoms with van der Waals surface area (Å²) in [6, 6.07) is 12.1. The lowest BCUT2D eigenvalue weighted by atomic mass is 10.1. The third-order valence-corrected chi connectivity index (χ3v) is 4.01. The third kappa shape index (κ3) is 4.32. The minimum absolute atomic E-state index is 0.361. The van der Waals surface area contributed by atoms with Gasteiger partial charge < -0.3 is 4.74 Å². The largest absolute Gasteiger partial charge is 0.493 e. The number of rotatable bonds is 4. The van der Waals surface area contributed by atoms with Gasteiger partial charge in [0.15, 0.2) is 0 Å². The van der Waals surface area contributed by atoms with Crippen LogP contribution in [0.1, 0.15) is 33.2 Å². The van der Waals surface area contributed by atoms with Gasteiger partial charge in [-0.2, -0.15) is 0 Å². The summed E-state index contributed by atoms with van der Waals surface area (Å²) < 4.78 is 6.23. The summed E-state index contributed by atoms with van der Waals surface area (Å²) in [5.74, 6) is -0.360. The number of hydrazine groups is 1. The average molecular weight is 377 g/mol. The summed E-state index contributed by atoms with van der Waals surface area (Å²) in [6.45, 7) is 4.22. The van der Waals surface area contributed by atoms with E-state index in [-0.39, 0.29) is 0 Å². The number of carbonyl (C=O) groups excluding carboxylic acids is 2. The van der Waals surface area contributed by atoms with Crippen molar-refractivity contribution in [1.82, 2.24) is 10.9 Å². The van der Waals surface area contributed by atoms with Crippen molar-refractivity contribution in [2.24, 2.45) is 0 Å². The Bertz CT molecular complexity index is 732. The molecular weight excluding hydrogens is 360 g/mol. The van der Waals surface area contributed by atoms with Crippen LogP contribution in [0.2, 0.25) is 0 Å². The molecule has 0 bridgehead atoms. The monoisotopic (exact) mass is 376 g/mol. The van der Waals surface area contributed by atoms with E-state index in [0.29, 0.717) is 23.5 Å². The number of halogens is 1. The zero-order chi connectivity index (χ0) is 16.8. The van der Waals surface area contributed by atoms with E-state index in [1.54, 1.807) is 36.4 Å². The number of carbonyl (C=O) groups is 2. The standard InChI is InChI=1S/C17H17BrN2O3/c1-3-23-15-7-5-4-6-13(15)17(22)20-19-16(21)12-9-8-11(2)14(18)10-12/h4-10H,3H2,1-2H3,(H,19,21)(H,20,22). The summed E-state index contributed by atoms with van der Waals surface area (Å²) >= 11 is 3.37. The maximum atomic E-state index is 12.2. The van der Waals surface area contributed by atoms with Crippen LogP contribution >= 0.6 is 15.9 Å². The van der Waals surface area contributed by atoms with Crippen LogP contribution in [0.15, 0.2) is 46.9 Å². The highest BCUT2D eigenvalue weighted by Crippen LogP contribution is 2.18. The zero-order valence-electron chi connectivity index (χ0n) is 12.9. The molecule has 0 aliphatic heterocycles. The number of benzene rings is 2. The van der Waals surface area contributed by atoms with E-state index < -0.39 is 11.8 Å². The van der Waals surface area contributed by atoms with Crippen molar-refractivity contribution in [2.75, 3.05) is 6.61 Å². The van der Waals surface area contributed by atoms with E-state index in [4.69, 9.17) is 4.74 Å². The van der Waals surface area contributed by atoms with E-state index >= 15 is 0 Å². The number of hydrogen-bond donors (Lipinski definition) is 2. The van der Waals surface area contributed by atoms with E-state index in [1.165, 1.54) is 0 Å². The highest BCUT2D eigenvalue weighted by molar-refractivity contribution is 9.10. The van der Waals surface area contributed by atoms with Gasteiger partial charge in [0, 0.05) is 10.0 Å². The first-order chi connectivity index (χ1) is 11.0. The number of hydrogen-bond acceptors (Lipinski definition) is 3. The van der Waals surface area contributed by atoms with E-state index in [1.807, 2.05) is 19.9 Å². The third-order valence-electron chi connectivity index (χ3n) is 3.16. The van der Waals surface area contributed by atoms with Crippen LogP contribution in [-0.2, 0) is 0 Å². The van der Waals surface area contributed by atoms with Crippen molar-refractivity contribution < 1.29 is 14.3 Å². The molecule has 0 heterocycles. The fourth-order valence-electron chi connectivity index (χ4n) is 1.92. The van der Waals surface area contributed by atoms with Crippen molar-refractivity contribution in [2.45, 2.75) is 13.8 Å². The molecule has 2 amide bonds. The smallest absolute Gasteiger partial charge is 0.273 e. The van der Waals surface area contributed by atoms with Gasteiger partial charge in [0.25, 0.3) is 11.8 Å². The quantitative estimate of drug-likeness (QED) is 0.804. The lowest BCUT2D eigenvalue weighted by Gasteiger charge is -2.11. The number of para-hydroxylation sites is 1. The van der Waals surface area contributed by atoms with Crippen LogP contribution < -0.4 is 15.6 Å². The Morgan fingerprint density at radius 2 is 1.78 bits per heavy atom. The molecule has 0 spiro atoms. The molecule has 23 heavy (non-hydrogen) atoms. The summed E-state index contributed by atoms with van der Waals surface area (Å²) in [6.07, 6.45) is 0. The zero-order valence-corrected chi connectivity index (χ0v) is 14.4. The molecule has 0 aromatic heterocycles. The average Bonchev–Trinajstić information content (AvgIpc) is 2.55. The highest BCUT2D eigenvalue weighted by Gasteiger charge is 2.13. The second kappa shape index (κ2) is 7.78. The predicted octanol–water partition coefficient (Wildman–Crippen LogP) is 3.23. The molecule has 2 aromatic carbocycles. The topological polar surface area (TPSA) is 67.4 Å². The number of aryl methyl sites for hydroxylation is 1. The van der Waals surface area contributed by atoms with Crippen molar-refractivity contribution >= 4 is 27.7 Å². The van der Waals surface area contributed by atoms with Crippen LogP contribution in [0.25, 0.3) is 0 Å². The molecule has 2 N–H and O–H groups in total. The first-order valence-electron chi connectivity index (χ1n) is 7.11. The van der Waals surface area contributed by atoms with Gasteiger partial charge >= 0.3 is 0 Å². The van der Waals surface area contributed by atoms with Gasteiger partial charge in [0.2, 0.25) is 0 Å². The van der Waals surface area contributed by atoms with Crippen molar-refractivity contribution in [3.05, 3.63) is 63.6 Å². The number of nitrogens with one attached hydrogen (secondary N) is 2. The number of ether oxygens (including phenoxy) is 1. The van der Waals surface area contributed by atoms with Gasteiger partial charge in [-0.1, -0.05) is 34.1 Å². The Labute approximate surface area is 143 Å². The van der Waals surface area contributed by atoms with Crippen LogP contribution in [0.5, 0.6) is 5.75 Å². The van der Waals surface area contributed by atoms with Crippen molar-refractivity contribution in [3.63, 3.8) is 0 Å². The van der Waals surface area contributed by atoms with Crippen LogP contribution in [-0.4, -0.2) is 18.4 Å². The van der Waals surface area contributed by atoms with Gasteiger partial charge in [0.1, 0.15) is 5.75 Å². The minimum atomic E-state index is -0.437. The van der Waals surface area contributed by atoms with Gasteiger partial charge in [0.05, 0.1) is 12.2 Å². The molecule has 2 aromatic rings. The fourth-order valence-corrected chi connectivity index (χ4v) is 2.30. The van der Waals surface area contributed by atoms with Gasteiger partial charge in [-0.05, 0) is 43.7 Å². The van der Waals surface area contributed by atoms with Crippen LogP contribution in [0, 0.1) is 6.92 Å². The lowest BCUT2D eigenvalue weighted by Crippen LogP contribution is -2.41. The molecule has 0 fully saturated rings. The Hall–Kier alpha value is -2.34. The van der Waals surface area contributed by atoms with Crippen molar-refractivity contribution in [3.8, 4) is 5.75 Å². The molecule has 5 nitrogen and oxygen atoms in total. The molecule has 120 valence electrons. The summed E-state index contributed by atoms with van der Waals surface area (Å²) in [7, 11) is 0. The lowest BCUT2D eigenvalue weighted by molar-refractivity contribution is 0.0844. The molecule has 2 rings (SSSR count). The van der Waals surface area contributed by atoms with Crippen LogP contribution in [0.4, 0.5) is 0 Å². The van der Waals surface area contributed by atoms with Gasteiger partial charge in [-0.3, -0.25) is 20.4 Å². The first-order valence-corrected chi connectivity index (χ1v) is 7.91. The second-order valence-corrected chi connectivity index (χ2v) is 5.66. The first kappa shape index (κ1) is 17.0. The molecule has 0 aliphatic rings. The predicted molar refractivity (Wildman–Crippen MR) is 91.4 cm³/mol. The summed E-state index contributed by atoms with van der Waals surface area (Å²) in [5, 5.41) is 0. The van der Waals surface area contributed by atoms with Gasteiger partial charge in [-0.15, -0.1) is 0 Å². The van der Waals surface area contributed by atoms with E-state index in [2.05, 4.69) is 26.8 Å². The Morgan fingerprint density at radius 3 is 2.48 bits per heavy atom. The van der Waals surface area contributed by atoms with E-state index in [0.717, 1.165) is 10.0 Å². The SMILES string of the molecule is CCOc1ccccc1C(=O)NNC(=O)c1ccc(C)c(Br)c1. The van der Waals surface area contributed by atoms with Gasteiger partial charge in [-0.25, -0.2) is 0 Å².